The van der Waals surface area contributed by atoms with Gasteiger partial charge in [-0.05, 0) is 45.2 Å². The third-order valence-corrected chi connectivity index (χ3v) is 3.48. The molecular weight excluding hydrogens is 252 g/mol. The van der Waals surface area contributed by atoms with E-state index in [2.05, 4.69) is 10.6 Å². The lowest BCUT2D eigenvalue weighted by Crippen LogP contribution is -2.50. The summed E-state index contributed by atoms with van der Waals surface area (Å²) < 4.78 is 0. The molecule has 1 rings (SSSR count). The van der Waals surface area contributed by atoms with E-state index in [9.17, 15) is 9.90 Å². The van der Waals surface area contributed by atoms with Crippen molar-refractivity contribution < 1.29 is 9.90 Å². The number of rotatable bonds is 5. The molecule has 0 heterocycles. The number of aliphatic hydroxyl groups excluding tert-OH is 1. The van der Waals surface area contributed by atoms with Crippen LogP contribution in [0.15, 0.2) is 12.1 Å². The second-order valence-electron chi connectivity index (χ2n) is 5.82. The fourth-order valence-electron chi connectivity index (χ4n) is 2.53. The summed E-state index contributed by atoms with van der Waals surface area (Å²) in [6.45, 7) is 9.81. The summed E-state index contributed by atoms with van der Waals surface area (Å²) in [5.41, 5.74) is 3.52. The highest BCUT2D eigenvalue weighted by molar-refractivity contribution is 5.91. The maximum atomic E-state index is 12.1. The van der Waals surface area contributed by atoms with Gasteiger partial charge in [-0.3, -0.25) is 0 Å². The summed E-state index contributed by atoms with van der Waals surface area (Å²) in [6.07, 6.45) is 1.64. The van der Waals surface area contributed by atoms with Crippen molar-refractivity contribution in [3.05, 3.63) is 28.8 Å². The van der Waals surface area contributed by atoms with Gasteiger partial charge in [0, 0.05) is 5.69 Å². The number of aryl methyl sites for hydroxylation is 3. The number of anilines is 1. The lowest BCUT2D eigenvalue weighted by Gasteiger charge is -2.28. The average molecular weight is 278 g/mol. The van der Waals surface area contributed by atoms with Gasteiger partial charge < -0.3 is 15.7 Å². The molecule has 4 heteroatoms. The Morgan fingerprint density at radius 1 is 1.25 bits per heavy atom. The first-order chi connectivity index (χ1) is 9.31. The fourth-order valence-corrected chi connectivity index (χ4v) is 2.53. The molecule has 0 aliphatic carbocycles. The Kier molecular flexibility index (Phi) is 5.57. The van der Waals surface area contributed by atoms with Gasteiger partial charge in [-0.2, -0.15) is 0 Å². The normalized spacial score (nSPS) is 13.7. The molecule has 0 aliphatic rings. The van der Waals surface area contributed by atoms with Crippen LogP contribution in [0.3, 0.4) is 0 Å². The number of carbonyl (C=O) groups excluding carboxylic acids is 1. The maximum absolute atomic E-state index is 12.1. The smallest absolute Gasteiger partial charge is 0.319 e. The number of urea groups is 1. The Morgan fingerprint density at radius 3 is 2.25 bits per heavy atom. The Labute approximate surface area is 121 Å². The van der Waals surface area contributed by atoms with Crippen LogP contribution in [-0.2, 0) is 0 Å². The second kappa shape index (κ2) is 6.75. The summed E-state index contributed by atoms with van der Waals surface area (Å²) in [7, 11) is 0. The van der Waals surface area contributed by atoms with E-state index in [1.54, 1.807) is 0 Å². The quantitative estimate of drug-likeness (QED) is 0.774. The molecule has 4 nitrogen and oxygen atoms in total. The first-order valence-electron chi connectivity index (χ1n) is 7.09. The number of amides is 2. The third-order valence-electron chi connectivity index (χ3n) is 3.48. The predicted octanol–water partition coefficient (Wildman–Crippen LogP) is 3.28. The summed E-state index contributed by atoms with van der Waals surface area (Å²) >= 11 is 0. The lowest BCUT2D eigenvalue weighted by molar-refractivity contribution is 0.167. The van der Waals surface area contributed by atoms with E-state index in [4.69, 9.17) is 0 Å². The molecule has 112 valence electrons. The highest BCUT2D eigenvalue weighted by atomic mass is 16.3. The van der Waals surface area contributed by atoms with E-state index in [1.165, 1.54) is 5.56 Å². The number of benzene rings is 1. The Hall–Kier alpha value is -1.55. The van der Waals surface area contributed by atoms with Gasteiger partial charge in [0.2, 0.25) is 0 Å². The van der Waals surface area contributed by atoms with Crippen molar-refractivity contribution in [2.75, 3.05) is 11.9 Å². The van der Waals surface area contributed by atoms with Gasteiger partial charge in [-0.25, -0.2) is 4.79 Å². The zero-order valence-corrected chi connectivity index (χ0v) is 13.1. The van der Waals surface area contributed by atoms with Crippen LogP contribution in [0, 0.1) is 20.8 Å². The first-order valence-corrected chi connectivity index (χ1v) is 7.09. The minimum atomic E-state index is -0.578. The van der Waals surface area contributed by atoms with E-state index in [1.807, 2.05) is 46.8 Å². The van der Waals surface area contributed by atoms with Gasteiger partial charge in [-0.1, -0.05) is 31.0 Å². The van der Waals surface area contributed by atoms with E-state index >= 15 is 0 Å². The van der Waals surface area contributed by atoms with Crippen LogP contribution in [0.1, 0.15) is 43.4 Å². The molecule has 0 radical (unpaired) electrons. The Balaban J connectivity index is 2.81. The predicted molar refractivity (Wildman–Crippen MR) is 83.2 cm³/mol. The van der Waals surface area contributed by atoms with Crippen LogP contribution in [0.5, 0.6) is 0 Å². The summed E-state index contributed by atoms with van der Waals surface area (Å²) in [5, 5.41) is 15.2. The minimum absolute atomic E-state index is 0.0693. The van der Waals surface area contributed by atoms with Crippen molar-refractivity contribution in [1.29, 1.82) is 0 Å². The summed E-state index contributed by atoms with van der Waals surface area (Å²) in [5.74, 6) is 0. The molecule has 1 aromatic rings. The van der Waals surface area contributed by atoms with Crippen LogP contribution in [0.4, 0.5) is 10.5 Å². The van der Waals surface area contributed by atoms with Crippen molar-refractivity contribution >= 4 is 11.7 Å². The van der Waals surface area contributed by atoms with E-state index in [0.29, 0.717) is 0 Å². The average Bonchev–Trinajstić information content (AvgIpc) is 2.34. The van der Waals surface area contributed by atoms with Gasteiger partial charge in [0.05, 0.1) is 12.1 Å². The Bertz CT molecular complexity index is 462. The van der Waals surface area contributed by atoms with Crippen LogP contribution in [0.2, 0.25) is 0 Å². The number of hydrogen-bond donors (Lipinski definition) is 3. The molecule has 0 saturated heterocycles. The van der Waals surface area contributed by atoms with Crippen LogP contribution in [0.25, 0.3) is 0 Å². The number of hydrogen-bond acceptors (Lipinski definition) is 2. The maximum Gasteiger partial charge on any atom is 0.319 e. The van der Waals surface area contributed by atoms with Crippen molar-refractivity contribution in [1.82, 2.24) is 5.32 Å². The number of nitrogens with one attached hydrogen (secondary N) is 2. The second-order valence-corrected chi connectivity index (χ2v) is 5.82. The Morgan fingerprint density at radius 2 is 1.80 bits per heavy atom. The van der Waals surface area contributed by atoms with Crippen LogP contribution >= 0.6 is 0 Å². The first kappa shape index (κ1) is 16.5. The van der Waals surface area contributed by atoms with Gasteiger partial charge in [-0.15, -0.1) is 0 Å². The molecule has 20 heavy (non-hydrogen) atoms. The van der Waals surface area contributed by atoms with E-state index in [0.717, 1.165) is 29.7 Å². The fraction of sp³-hybridized carbons (Fsp3) is 0.562. The van der Waals surface area contributed by atoms with Crippen molar-refractivity contribution in [2.45, 2.75) is 53.0 Å². The van der Waals surface area contributed by atoms with Gasteiger partial charge in [0.15, 0.2) is 0 Å². The molecule has 1 atom stereocenters. The van der Waals surface area contributed by atoms with E-state index in [-0.39, 0.29) is 12.6 Å². The van der Waals surface area contributed by atoms with Crippen LogP contribution < -0.4 is 10.6 Å². The number of carbonyl (C=O) groups is 1. The van der Waals surface area contributed by atoms with Crippen molar-refractivity contribution in [2.24, 2.45) is 0 Å². The molecule has 0 bridgehead atoms. The summed E-state index contributed by atoms with van der Waals surface area (Å²) in [6, 6.07) is 3.81. The van der Waals surface area contributed by atoms with Gasteiger partial charge in [0.25, 0.3) is 0 Å². The SMILES string of the molecule is CCCC(C)(CO)NC(=O)Nc1c(C)cc(C)cc1C. The topological polar surface area (TPSA) is 61.4 Å². The van der Waals surface area contributed by atoms with Crippen molar-refractivity contribution in [3.63, 3.8) is 0 Å². The zero-order chi connectivity index (χ0) is 15.3. The highest BCUT2D eigenvalue weighted by Crippen LogP contribution is 2.22. The molecule has 1 aromatic carbocycles. The van der Waals surface area contributed by atoms with Crippen molar-refractivity contribution in [3.8, 4) is 0 Å². The molecule has 1 unspecified atom stereocenters. The molecule has 2 amide bonds. The van der Waals surface area contributed by atoms with Gasteiger partial charge in [0.1, 0.15) is 0 Å². The standard InChI is InChI=1S/C16H26N2O2/c1-6-7-16(5,10-19)18-15(20)17-14-12(3)8-11(2)9-13(14)4/h8-9,19H,6-7,10H2,1-5H3,(H2,17,18,20). The largest absolute Gasteiger partial charge is 0.394 e. The van der Waals surface area contributed by atoms with E-state index < -0.39 is 5.54 Å². The lowest BCUT2D eigenvalue weighted by atomic mass is 9.97. The third kappa shape index (κ3) is 4.23. The molecule has 0 aliphatic heterocycles. The number of aliphatic hydroxyl groups is 1. The minimum Gasteiger partial charge on any atom is -0.394 e. The zero-order valence-electron chi connectivity index (χ0n) is 13.1. The monoisotopic (exact) mass is 278 g/mol. The van der Waals surface area contributed by atoms with Crippen LogP contribution in [-0.4, -0.2) is 23.3 Å². The molecule has 0 aromatic heterocycles. The molecule has 0 spiro atoms. The summed E-state index contributed by atoms with van der Waals surface area (Å²) in [4.78, 5) is 12.1. The molecule has 0 fully saturated rings. The molecular formula is C16H26N2O2. The van der Waals surface area contributed by atoms with Gasteiger partial charge >= 0.3 is 6.03 Å². The molecule has 3 N–H and O–H groups in total. The highest BCUT2D eigenvalue weighted by Gasteiger charge is 2.24. The molecule has 0 saturated carbocycles.